The molecule has 3 atom stereocenters. The minimum absolute atomic E-state index is 0.0509. The molecule has 0 aliphatic carbocycles. The summed E-state index contributed by atoms with van der Waals surface area (Å²) in [4.78, 5) is 4.43. The average Bonchev–Trinajstić information content (AvgIpc) is 2.86. The van der Waals surface area contributed by atoms with E-state index in [0.29, 0.717) is 18.3 Å². The molecule has 1 rings (SSSR count). The number of ether oxygens (including phenoxy) is 1. The van der Waals surface area contributed by atoms with Crippen LogP contribution in [0, 0.1) is 0 Å². The van der Waals surface area contributed by atoms with Crippen molar-refractivity contribution in [2.75, 3.05) is 6.61 Å². The average molecular weight is 255 g/mol. The molecule has 0 saturated heterocycles. The van der Waals surface area contributed by atoms with E-state index in [1.165, 1.54) is 0 Å². The minimum Gasteiger partial charge on any atom is -0.370 e. The SMILES string of the molecule is CCCC(OCC)c1noc(C(C)C(N)CC)n1. The van der Waals surface area contributed by atoms with Crippen LogP contribution in [0.2, 0.25) is 0 Å². The van der Waals surface area contributed by atoms with Crippen molar-refractivity contribution in [1.29, 1.82) is 0 Å². The molecule has 2 N–H and O–H groups in total. The van der Waals surface area contributed by atoms with Gasteiger partial charge in [-0.25, -0.2) is 0 Å². The van der Waals surface area contributed by atoms with Crippen LogP contribution < -0.4 is 5.73 Å². The van der Waals surface area contributed by atoms with Crippen molar-refractivity contribution in [3.63, 3.8) is 0 Å². The van der Waals surface area contributed by atoms with Crippen LogP contribution in [0.15, 0.2) is 4.52 Å². The van der Waals surface area contributed by atoms with Gasteiger partial charge >= 0.3 is 0 Å². The van der Waals surface area contributed by atoms with E-state index in [2.05, 4.69) is 24.0 Å². The van der Waals surface area contributed by atoms with Gasteiger partial charge in [-0.15, -0.1) is 0 Å². The van der Waals surface area contributed by atoms with E-state index >= 15 is 0 Å². The molecule has 1 aromatic heterocycles. The van der Waals surface area contributed by atoms with Gasteiger partial charge in [-0.3, -0.25) is 0 Å². The summed E-state index contributed by atoms with van der Waals surface area (Å²) < 4.78 is 10.9. The molecule has 0 spiro atoms. The predicted molar refractivity (Wildman–Crippen MR) is 70.3 cm³/mol. The van der Waals surface area contributed by atoms with Crippen LogP contribution in [0.4, 0.5) is 0 Å². The lowest BCUT2D eigenvalue weighted by Crippen LogP contribution is -2.25. The lowest BCUT2D eigenvalue weighted by Gasteiger charge is -2.13. The zero-order chi connectivity index (χ0) is 13.5. The standard InChI is InChI=1S/C13H25N3O2/c1-5-8-11(17-7-3)12-15-13(18-16-12)9(4)10(14)6-2/h9-11H,5-8,14H2,1-4H3. The Bertz CT molecular complexity index is 335. The number of rotatable bonds is 8. The van der Waals surface area contributed by atoms with Gasteiger partial charge in [0.2, 0.25) is 11.7 Å². The second-order valence-electron chi connectivity index (χ2n) is 4.58. The fourth-order valence-corrected chi connectivity index (χ4v) is 1.85. The molecule has 5 nitrogen and oxygen atoms in total. The normalized spacial score (nSPS) is 16.5. The Morgan fingerprint density at radius 3 is 2.61 bits per heavy atom. The van der Waals surface area contributed by atoms with E-state index in [0.717, 1.165) is 19.3 Å². The summed E-state index contributed by atoms with van der Waals surface area (Å²) in [5.74, 6) is 1.34. The Labute approximate surface area is 109 Å². The van der Waals surface area contributed by atoms with Crippen molar-refractivity contribution in [3.8, 4) is 0 Å². The minimum atomic E-state index is -0.0671. The van der Waals surface area contributed by atoms with E-state index in [1.807, 2.05) is 13.8 Å². The zero-order valence-corrected chi connectivity index (χ0v) is 11.8. The monoisotopic (exact) mass is 255 g/mol. The van der Waals surface area contributed by atoms with Crippen molar-refractivity contribution in [2.24, 2.45) is 5.73 Å². The van der Waals surface area contributed by atoms with Gasteiger partial charge in [0.05, 0.1) is 5.92 Å². The van der Waals surface area contributed by atoms with Gasteiger partial charge in [0, 0.05) is 12.6 Å². The van der Waals surface area contributed by atoms with Gasteiger partial charge in [0.25, 0.3) is 0 Å². The first-order valence-corrected chi connectivity index (χ1v) is 6.84. The number of hydrogen-bond donors (Lipinski definition) is 1. The van der Waals surface area contributed by atoms with E-state index in [-0.39, 0.29) is 18.1 Å². The highest BCUT2D eigenvalue weighted by atomic mass is 16.5. The smallest absolute Gasteiger partial charge is 0.231 e. The summed E-state index contributed by atoms with van der Waals surface area (Å²) in [7, 11) is 0. The summed E-state index contributed by atoms with van der Waals surface area (Å²) >= 11 is 0. The second kappa shape index (κ2) is 7.48. The first kappa shape index (κ1) is 15.1. The number of nitrogens with two attached hydrogens (primary N) is 1. The molecule has 0 fully saturated rings. The van der Waals surface area contributed by atoms with Crippen LogP contribution in [-0.4, -0.2) is 22.8 Å². The maximum Gasteiger partial charge on any atom is 0.231 e. The molecule has 18 heavy (non-hydrogen) atoms. The third-order valence-electron chi connectivity index (χ3n) is 3.17. The maximum absolute atomic E-state index is 5.99. The molecule has 104 valence electrons. The van der Waals surface area contributed by atoms with Crippen molar-refractivity contribution in [1.82, 2.24) is 10.1 Å². The lowest BCUT2D eigenvalue weighted by atomic mass is 10.0. The topological polar surface area (TPSA) is 74.2 Å². The molecule has 5 heteroatoms. The Balaban J connectivity index is 2.76. The van der Waals surface area contributed by atoms with Crippen LogP contribution in [-0.2, 0) is 4.74 Å². The van der Waals surface area contributed by atoms with E-state index in [9.17, 15) is 0 Å². The fraction of sp³-hybridized carbons (Fsp3) is 0.846. The number of nitrogens with zero attached hydrogens (tertiary/aromatic N) is 2. The number of aromatic nitrogens is 2. The molecule has 0 amide bonds. The summed E-state index contributed by atoms with van der Waals surface area (Å²) in [5, 5.41) is 4.02. The van der Waals surface area contributed by atoms with Crippen molar-refractivity contribution < 1.29 is 9.26 Å². The van der Waals surface area contributed by atoms with E-state index in [1.54, 1.807) is 0 Å². The second-order valence-corrected chi connectivity index (χ2v) is 4.58. The molecule has 3 unspecified atom stereocenters. The highest BCUT2D eigenvalue weighted by molar-refractivity contribution is 4.98. The molecule has 0 radical (unpaired) electrons. The molecule has 1 heterocycles. The maximum atomic E-state index is 5.99. The molecule has 0 aromatic carbocycles. The van der Waals surface area contributed by atoms with Crippen LogP contribution in [0.1, 0.15) is 70.7 Å². The molecule has 0 bridgehead atoms. The van der Waals surface area contributed by atoms with Gasteiger partial charge < -0.3 is 15.0 Å². The Kier molecular flexibility index (Phi) is 6.29. The van der Waals surface area contributed by atoms with Crippen LogP contribution in [0.25, 0.3) is 0 Å². The van der Waals surface area contributed by atoms with Gasteiger partial charge in [-0.2, -0.15) is 4.98 Å². The van der Waals surface area contributed by atoms with Crippen molar-refractivity contribution in [2.45, 2.75) is 65.0 Å². The summed E-state index contributed by atoms with van der Waals surface area (Å²) in [6.45, 7) is 8.81. The first-order valence-electron chi connectivity index (χ1n) is 6.84. The van der Waals surface area contributed by atoms with Gasteiger partial charge in [0.1, 0.15) is 6.10 Å². The Morgan fingerprint density at radius 2 is 2.06 bits per heavy atom. The third kappa shape index (κ3) is 3.78. The molecule has 0 saturated carbocycles. The highest BCUT2D eigenvalue weighted by Crippen LogP contribution is 2.23. The molecular formula is C13H25N3O2. The van der Waals surface area contributed by atoms with Gasteiger partial charge in [-0.05, 0) is 19.8 Å². The predicted octanol–water partition coefficient (Wildman–Crippen LogP) is 2.79. The van der Waals surface area contributed by atoms with Crippen LogP contribution >= 0.6 is 0 Å². The summed E-state index contributed by atoms with van der Waals surface area (Å²) in [6.07, 6.45) is 2.75. The highest BCUT2D eigenvalue weighted by Gasteiger charge is 2.23. The van der Waals surface area contributed by atoms with E-state index in [4.69, 9.17) is 15.0 Å². The largest absolute Gasteiger partial charge is 0.370 e. The lowest BCUT2D eigenvalue weighted by molar-refractivity contribution is 0.0477. The molecular weight excluding hydrogens is 230 g/mol. The number of hydrogen-bond acceptors (Lipinski definition) is 5. The summed E-state index contributed by atoms with van der Waals surface area (Å²) in [6, 6.07) is 0.0509. The molecule has 1 aromatic rings. The van der Waals surface area contributed by atoms with Gasteiger partial charge in [-0.1, -0.05) is 32.3 Å². The fourth-order valence-electron chi connectivity index (χ4n) is 1.85. The third-order valence-corrected chi connectivity index (χ3v) is 3.17. The van der Waals surface area contributed by atoms with Crippen LogP contribution in [0.5, 0.6) is 0 Å². The zero-order valence-electron chi connectivity index (χ0n) is 11.8. The van der Waals surface area contributed by atoms with Gasteiger partial charge in [0.15, 0.2) is 0 Å². The quantitative estimate of drug-likeness (QED) is 0.773. The summed E-state index contributed by atoms with van der Waals surface area (Å²) in [5.41, 5.74) is 5.99. The first-order chi connectivity index (χ1) is 8.63. The Hall–Kier alpha value is -0.940. The molecule has 0 aliphatic heterocycles. The van der Waals surface area contributed by atoms with E-state index < -0.39 is 0 Å². The Morgan fingerprint density at radius 1 is 1.33 bits per heavy atom. The van der Waals surface area contributed by atoms with Crippen molar-refractivity contribution >= 4 is 0 Å². The van der Waals surface area contributed by atoms with Crippen LogP contribution in [0.3, 0.4) is 0 Å². The van der Waals surface area contributed by atoms with Crippen molar-refractivity contribution in [3.05, 3.63) is 11.7 Å². The molecule has 0 aliphatic rings.